The average Bonchev–Trinajstić information content (AvgIpc) is 1.47. The summed E-state index contributed by atoms with van der Waals surface area (Å²) in [5.41, 5.74) is -15.8. The predicted molar refractivity (Wildman–Crippen MR) is 417 cm³/mol. The van der Waals surface area contributed by atoms with Crippen LogP contribution in [0.5, 0.6) is 0 Å². The van der Waals surface area contributed by atoms with Crippen LogP contribution in [0.15, 0.2) is 12.2 Å². The second-order valence-corrected chi connectivity index (χ2v) is 39.7. The van der Waals surface area contributed by atoms with E-state index in [9.17, 15) is 123 Å². The van der Waals surface area contributed by atoms with Crippen molar-refractivity contribution in [3.8, 4) is 6.07 Å². The standard InChI is InChI=1S/C16H22F6O2.C15H20F6O3.C12H20O.C11H16O.C10H14O2.C4H5ClO.C4H2F6O.2C4H8O.C2H3N.CH3F.2CH4.CH3.ClH.Mg.Na.H/c1-12-5-9-3-10(6-12)13(2,11(4-9)7-12)24-8-14(23,15(17,18)19)16(20,21)22;1-11(24-7-13(23,14(16,17)18)15(19,20)21)9-2-8-3-10(11)6-12(22,4-8)5-9;1-11-5-8-3-9(6-11)12(2,13)10(4-8)7-11;1-11-4-7-2-8(5-11)10(12)9(3-7)6-11;11-9-7-1-6-2-8(9)5-10(12,3-6)4-7;1-3(2)4(5)6;5-3(6,7)2(1-11-2)4(8,9)10;2*1-2-4-5-3-1;1-2-3;1-2;;;;;;;/h9-11,23H,3-8H2,1-2H3;8-10,22-23H,2-7H2,1H3;8-10,13H,3-7H2,1-2H3;7-9H,2-6H2,1H3;6-8,12H,1-5H2;1H2,2H3;1H2;2*1-4H2;1H3;1H3;2*1H4;1H3;1H;;;/q;;;;;;;;;;;;;-1;;+2;+1;-1/p-1/i;;;;;;;;;;1D;;;;;;;. The van der Waals surface area contributed by atoms with E-state index in [0.29, 0.717) is 95.6 Å². The maximum atomic E-state index is 12.8. The fourth-order valence-electron chi connectivity index (χ4n) is 24.4. The number of nitrogens with zero attached hydrogens (tertiary/aromatic N) is 1. The molecule has 14 nitrogen and oxygen atoms in total. The number of hydrogen-bond acceptors (Lipinski definition) is 14. The van der Waals surface area contributed by atoms with Gasteiger partial charge in [0.1, 0.15) is 11.6 Å². The number of nitriles is 1. The van der Waals surface area contributed by atoms with Crippen molar-refractivity contribution < 1.29 is 192 Å². The van der Waals surface area contributed by atoms with Gasteiger partial charge >= 0.3 is 89.7 Å². The number of hydrogen-bond donors (Lipinski definition) is 5. The van der Waals surface area contributed by atoms with E-state index in [4.69, 9.17) is 37.2 Å². The molecule has 710 valence electrons. The number of halogens is 21. The van der Waals surface area contributed by atoms with Crippen LogP contribution in [-0.2, 0) is 38.1 Å². The van der Waals surface area contributed by atoms with Crippen molar-refractivity contribution >= 4 is 51.5 Å². The molecule has 123 heavy (non-hydrogen) atoms. The number of carbonyl (C=O) groups excluding carboxylic acids is 3. The molecule has 37 heteroatoms. The number of Topliss-reactive ketones (excluding diaryl/α,β-unsaturated/α-hetero) is 2. The number of rotatable bonds is 7. The molecule has 20 saturated carbocycles. The largest absolute Gasteiger partial charge is 2.00 e. The molecule has 3 saturated heterocycles. The summed E-state index contributed by atoms with van der Waals surface area (Å²) in [6.45, 7) is 17.5. The molecule has 23 aliphatic rings. The van der Waals surface area contributed by atoms with Gasteiger partial charge in [0.05, 0.1) is 62.4 Å². The Morgan fingerprint density at radius 3 is 0.943 bits per heavy atom. The van der Waals surface area contributed by atoms with Gasteiger partial charge in [-0.05, 0) is 307 Å². The van der Waals surface area contributed by atoms with Gasteiger partial charge in [-0.25, -0.2) is 0 Å². The van der Waals surface area contributed by atoms with Crippen LogP contribution in [0.3, 0.4) is 0 Å². The summed E-state index contributed by atoms with van der Waals surface area (Å²) in [5, 5.41) is 56.4. The van der Waals surface area contributed by atoms with Gasteiger partial charge in [-0.3, -0.25) is 18.8 Å². The monoisotopic (exact) mass is 1870 g/mol. The van der Waals surface area contributed by atoms with Gasteiger partial charge in [0.2, 0.25) is 5.24 Å². The van der Waals surface area contributed by atoms with Gasteiger partial charge in [-0.2, -0.15) is 84.3 Å². The first-order chi connectivity index (χ1) is 53.9. The maximum Gasteiger partial charge on any atom is 2.00 e. The molecule has 20 aliphatic carbocycles. The third-order valence-electron chi connectivity index (χ3n) is 29.7. The summed E-state index contributed by atoms with van der Waals surface area (Å²) >= 11 is 4.87. The molecule has 0 radical (unpaired) electrons. The molecular weight excluding hydrogens is 1730 g/mol. The molecule has 0 aromatic rings. The molecular formula is C86H133Cl2F19MgNNaO13. The first kappa shape index (κ1) is 116. The fraction of sp³-hybridized carbons (Fsp3) is 0.919. The molecule has 3 heterocycles. The minimum absolute atomic E-state index is 0. The number of alkyl halides is 19. The van der Waals surface area contributed by atoms with E-state index in [1.807, 2.05) is 0 Å². The molecule has 0 aromatic carbocycles. The first-order valence-electron chi connectivity index (χ1n) is 41.8. The number of carbonyl (C=O) groups is 3. The van der Waals surface area contributed by atoms with Crippen LogP contribution < -0.4 is 42.0 Å². The third kappa shape index (κ3) is 26.7. The van der Waals surface area contributed by atoms with Gasteiger partial charge in [0, 0.05) is 62.6 Å². The van der Waals surface area contributed by atoms with Crippen molar-refractivity contribution in [3.63, 3.8) is 0 Å². The smallest absolute Gasteiger partial charge is 1.00 e. The molecule has 5 N–H and O–H groups in total. The van der Waals surface area contributed by atoms with Crippen LogP contribution in [0.1, 0.15) is 259 Å². The van der Waals surface area contributed by atoms with E-state index in [0.717, 1.165) is 102 Å². The van der Waals surface area contributed by atoms with Crippen LogP contribution in [0.2, 0.25) is 0 Å². The topological polar surface area (TPSA) is 226 Å². The van der Waals surface area contributed by atoms with Gasteiger partial charge in [-0.15, -0.1) is 0 Å². The molecule has 0 amide bonds. The summed E-state index contributed by atoms with van der Waals surface area (Å²) in [6, 6.07) is 1.75. The number of epoxide rings is 1. The maximum absolute atomic E-state index is 12.8. The predicted octanol–water partition coefficient (Wildman–Crippen LogP) is 15.1. The van der Waals surface area contributed by atoms with Gasteiger partial charge < -0.3 is 70.5 Å². The number of ketones is 2. The van der Waals surface area contributed by atoms with Crippen LogP contribution >= 0.6 is 11.6 Å². The van der Waals surface area contributed by atoms with Crippen molar-refractivity contribution in [2.75, 3.05) is 53.4 Å². The minimum atomic E-state index is -5.88. The molecule has 10 atom stereocenters. The second kappa shape index (κ2) is 43.5. The van der Waals surface area contributed by atoms with Crippen molar-refractivity contribution in [2.45, 2.75) is 338 Å². The molecule has 20 bridgehead atoms. The first-order valence-corrected chi connectivity index (χ1v) is 41.5. The van der Waals surface area contributed by atoms with Gasteiger partial charge in [0.25, 0.3) is 16.8 Å². The molecule has 10 unspecified atom stereocenters. The number of ether oxygens (including phenoxy) is 5. The summed E-state index contributed by atoms with van der Waals surface area (Å²) in [5.74, 6) is 6.19. The quantitative estimate of drug-likeness (QED) is 0.0399. The fourth-order valence-corrected chi connectivity index (χ4v) is 24.4. The normalized spacial score (nSPS) is 39.1. The van der Waals surface area contributed by atoms with E-state index >= 15 is 0 Å². The van der Waals surface area contributed by atoms with E-state index in [-0.39, 0.29) is 141 Å². The summed E-state index contributed by atoms with van der Waals surface area (Å²) in [4.78, 5) is 33.1. The molecule has 0 spiro atoms. The van der Waals surface area contributed by atoms with Crippen molar-refractivity contribution in [1.82, 2.24) is 0 Å². The Hall–Kier alpha value is -1.14. The summed E-state index contributed by atoms with van der Waals surface area (Å²) < 4.78 is 262. The van der Waals surface area contributed by atoms with Crippen LogP contribution in [0.25, 0.3) is 0 Å². The van der Waals surface area contributed by atoms with E-state index in [1.165, 1.54) is 104 Å². The van der Waals surface area contributed by atoms with E-state index < -0.39 is 108 Å². The van der Waals surface area contributed by atoms with E-state index in [1.54, 1.807) is 19.9 Å². The molecule has 0 aromatic heterocycles. The number of aliphatic hydroxyl groups is 5. The second-order valence-electron chi connectivity index (χ2n) is 39.3. The van der Waals surface area contributed by atoms with Crippen LogP contribution in [0, 0.1) is 124 Å². The Morgan fingerprint density at radius 2 is 0.732 bits per heavy atom. The van der Waals surface area contributed by atoms with Crippen LogP contribution in [-0.4, -0.2) is 201 Å². The Morgan fingerprint density at radius 1 is 0.504 bits per heavy atom. The molecule has 23 rings (SSSR count). The Kier molecular flexibility index (Phi) is 41.0. The zero-order chi connectivity index (χ0) is 88.9. The van der Waals surface area contributed by atoms with Gasteiger partial charge in [-0.1, -0.05) is 42.2 Å². The van der Waals surface area contributed by atoms with Crippen LogP contribution in [0.4, 0.5) is 83.4 Å². The Balaban J connectivity index is 0.000000719. The minimum Gasteiger partial charge on any atom is -1.00 e. The Bertz CT molecular complexity index is 3160. The molecule has 23 fully saturated rings. The average molecular weight is 1870 g/mol. The zero-order valence-electron chi connectivity index (χ0n) is 73.1. The summed E-state index contributed by atoms with van der Waals surface area (Å²) in [6.07, 6.45) is -4.88. The molecule has 3 aliphatic heterocycles. The van der Waals surface area contributed by atoms with Gasteiger partial charge in [0.15, 0.2) is 0 Å². The van der Waals surface area contributed by atoms with Crippen molar-refractivity contribution in [1.29, 1.82) is 5.26 Å². The zero-order valence-corrected chi connectivity index (χ0v) is 76.1. The summed E-state index contributed by atoms with van der Waals surface area (Å²) in [7, 11) is -1.00. The SMILES string of the molecule is C.C.C1CCOC1.C1CCOC1.C=C(C)C(=O)Cl.CC#N.CC1(OCC(O)(C(F)(F)F)C(F)(F)F)C2CC3CC1CC(O)(C3)C2.CC12CC3CC(C1)C(=O)C(C3)C2.CC12CC3CC(C1)C(C)(O)C(C3)C2.CC12CC3CC(C1)C(C)(OCC(O)(C(F)(F)F)C(F)(F)F)C(C3)C2.FC(F)(F)C1(C(F)(F)F)CO1.O=C1C2CC3CC1CC(O)(C3)C2.[2H]CF.[CH3-].[Cl-].[H-].[Mg+2].[Na+]. The van der Waals surface area contributed by atoms with Crippen molar-refractivity contribution in [2.24, 2.45) is 105 Å². The third-order valence-corrected chi connectivity index (χ3v) is 30.0. The Labute approximate surface area is 766 Å². The number of allylic oxidation sites excluding steroid dienone is 1. The van der Waals surface area contributed by atoms with E-state index in [2.05, 4.69) is 39.0 Å². The van der Waals surface area contributed by atoms with Crippen molar-refractivity contribution in [3.05, 3.63) is 19.6 Å².